The van der Waals surface area contributed by atoms with Crippen LogP contribution in [0.3, 0.4) is 0 Å². The molecule has 1 aromatic rings. The van der Waals surface area contributed by atoms with Crippen LogP contribution in [0.15, 0.2) is 24.3 Å². The third kappa shape index (κ3) is 4.82. The van der Waals surface area contributed by atoms with E-state index in [0.717, 1.165) is 25.8 Å². The van der Waals surface area contributed by atoms with Crippen molar-refractivity contribution in [2.45, 2.75) is 65.1 Å². The Balaban J connectivity index is 1.98. The number of hydrogen-bond donors (Lipinski definition) is 1. The molecule has 4 heteroatoms. The van der Waals surface area contributed by atoms with Gasteiger partial charge in [-0.25, -0.2) is 0 Å². The van der Waals surface area contributed by atoms with Gasteiger partial charge in [0, 0.05) is 12.6 Å². The number of nitriles is 1. The summed E-state index contributed by atoms with van der Waals surface area (Å²) in [4.78, 5) is 14.7. The maximum atomic E-state index is 12.5. The molecule has 1 fully saturated rings. The number of nitrogens with one attached hydrogen (secondary N) is 1. The van der Waals surface area contributed by atoms with Crippen molar-refractivity contribution < 1.29 is 4.79 Å². The van der Waals surface area contributed by atoms with Gasteiger partial charge < -0.3 is 5.32 Å². The molecule has 1 unspecified atom stereocenters. The van der Waals surface area contributed by atoms with Crippen LogP contribution in [0.4, 0.5) is 0 Å². The minimum absolute atomic E-state index is 0.0650. The normalized spacial score (nSPS) is 16.7. The summed E-state index contributed by atoms with van der Waals surface area (Å²) in [6.45, 7) is 8.99. The molecule has 130 valence electrons. The van der Waals surface area contributed by atoms with Gasteiger partial charge in [-0.1, -0.05) is 45.0 Å². The van der Waals surface area contributed by atoms with E-state index in [-0.39, 0.29) is 11.8 Å². The van der Waals surface area contributed by atoms with Gasteiger partial charge in [0.05, 0.1) is 12.6 Å². The zero-order valence-electron chi connectivity index (χ0n) is 15.3. The Bertz CT molecular complexity index is 598. The molecule has 1 aromatic carbocycles. The largest absolute Gasteiger partial charge is 0.337 e. The molecular weight excluding hydrogens is 298 g/mol. The van der Waals surface area contributed by atoms with Crippen LogP contribution in [0.2, 0.25) is 0 Å². The van der Waals surface area contributed by atoms with Crippen molar-refractivity contribution in [1.29, 1.82) is 5.26 Å². The Morgan fingerprint density at radius 3 is 2.38 bits per heavy atom. The van der Waals surface area contributed by atoms with Crippen LogP contribution >= 0.6 is 0 Å². The standard InChI is InChI=1S/C20H29N3O/c1-5-16-6-8-17(9-7-16)12-23(18-10-11-18)13-19(24)22-20(4,14-21)15(2)3/h6-9,15,18H,5,10-13H2,1-4H3,(H,22,24). The Morgan fingerprint density at radius 2 is 1.92 bits per heavy atom. The van der Waals surface area contributed by atoms with E-state index in [1.54, 1.807) is 6.92 Å². The smallest absolute Gasteiger partial charge is 0.235 e. The molecule has 2 rings (SSSR count). The van der Waals surface area contributed by atoms with Crippen LogP contribution < -0.4 is 5.32 Å². The average molecular weight is 327 g/mol. The first-order chi connectivity index (χ1) is 11.4. The minimum Gasteiger partial charge on any atom is -0.337 e. The molecule has 0 aliphatic heterocycles. The summed E-state index contributed by atoms with van der Waals surface area (Å²) in [6, 6.07) is 11.4. The molecule has 1 N–H and O–H groups in total. The number of carbonyl (C=O) groups excluding carboxylic acids is 1. The number of aryl methyl sites for hydroxylation is 1. The second kappa shape index (κ2) is 7.81. The highest BCUT2D eigenvalue weighted by atomic mass is 16.2. The van der Waals surface area contributed by atoms with Crippen LogP contribution in [-0.2, 0) is 17.8 Å². The molecule has 24 heavy (non-hydrogen) atoms. The first-order valence-corrected chi connectivity index (χ1v) is 8.92. The third-order valence-corrected chi connectivity index (χ3v) is 5.01. The molecule has 0 heterocycles. The van der Waals surface area contributed by atoms with Crippen molar-refractivity contribution in [3.8, 4) is 6.07 Å². The van der Waals surface area contributed by atoms with Crippen molar-refractivity contribution in [3.63, 3.8) is 0 Å². The van der Waals surface area contributed by atoms with Crippen molar-refractivity contribution in [2.75, 3.05) is 6.54 Å². The molecular formula is C20H29N3O. The highest BCUT2D eigenvalue weighted by molar-refractivity contribution is 5.79. The van der Waals surface area contributed by atoms with Crippen LogP contribution in [-0.4, -0.2) is 28.9 Å². The van der Waals surface area contributed by atoms with Crippen molar-refractivity contribution in [1.82, 2.24) is 10.2 Å². The van der Waals surface area contributed by atoms with E-state index in [1.807, 2.05) is 13.8 Å². The summed E-state index contributed by atoms with van der Waals surface area (Å²) in [5.41, 5.74) is 1.75. The Kier molecular flexibility index (Phi) is 6.01. The van der Waals surface area contributed by atoms with Crippen molar-refractivity contribution in [2.24, 2.45) is 5.92 Å². The Morgan fingerprint density at radius 1 is 1.33 bits per heavy atom. The van der Waals surface area contributed by atoms with Crippen molar-refractivity contribution in [3.05, 3.63) is 35.4 Å². The fourth-order valence-electron chi connectivity index (χ4n) is 2.68. The first kappa shape index (κ1) is 18.5. The van der Waals surface area contributed by atoms with Gasteiger partial charge in [-0.2, -0.15) is 5.26 Å². The number of hydrogen-bond acceptors (Lipinski definition) is 3. The summed E-state index contributed by atoms with van der Waals surface area (Å²) in [5.74, 6) is 0.00671. The van der Waals surface area contributed by atoms with E-state index in [2.05, 4.69) is 47.5 Å². The first-order valence-electron chi connectivity index (χ1n) is 8.92. The second-order valence-corrected chi connectivity index (χ2v) is 7.32. The maximum absolute atomic E-state index is 12.5. The molecule has 1 aliphatic carbocycles. The highest BCUT2D eigenvalue weighted by Crippen LogP contribution is 2.28. The van der Waals surface area contributed by atoms with Crippen LogP contribution in [0.1, 0.15) is 51.7 Å². The predicted octanol–water partition coefficient (Wildman–Crippen LogP) is 3.27. The van der Waals surface area contributed by atoms with Gasteiger partial charge in [0.2, 0.25) is 5.91 Å². The van der Waals surface area contributed by atoms with Crippen LogP contribution in [0.25, 0.3) is 0 Å². The molecule has 1 aliphatic rings. The van der Waals surface area contributed by atoms with Crippen LogP contribution in [0, 0.1) is 17.2 Å². The van der Waals surface area contributed by atoms with Gasteiger partial charge in [-0.15, -0.1) is 0 Å². The summed E-state index contributed by atoms with van der Waals surface area (Å²) < 4.78 is 0. The number of amides is 1. The summed E-state index contributed by atoms with van der Waals surface area (Å²) in [5, 5.41) is 12.3. The second-order valence-electron chi connectivity index (χ2n) is 7.32. The minimum atomic E-state index is -0.810. The highest BCUT2D eigenvalue weighted by Gasteiger charge is 2.34. The quantitative estimate of drug-likeness (QED) is 0.797. The molecule has 1 saturated carbocycles. The lowest BCUT2D eigenvalue weighted by Crippen LogP contribution is -2.52. The summed E-state index contributed by atoms with van der Waals surface area (Å²) >= 11 is 0. The molecule has 1 amide bonds. The SMILES string of the molecule is CCc1ccc(CN(CC(=O)NC(C)(C#N)C(C)C)C2CC2)cc1. The fraction of sp³-hybridized carbons (Fsp3) is 0.600. The van der Waals surface area contributed by atoms with E-state index in [9.17, 15) is 10.1 Å². The Labute approximate surface area is 145 Å². The molecule has 0 bridgehead atoms. The zero-order valence-corrected chi connectivity index (χ0v) is 15.3. The van der Waals surface area contributed by atoms with Gasteiger partial charge in [-0.3, -0.25) is 9.69 Å². The van der Waals surface area contributed by atoms with Gasteiger partial charge in [0.15, 0.2) is 0 Å². The lowest BCUT2D eigenvalue weighted by molar-refractivity contribution is -0.124. The molecule has 0 radical (unpaired) electrons. The molecule has 0 saturated heterocycles. The summed E-state index contributed by atoms with van der Waals surface area (Å²) in [6.07, 6.45) is 3.34. The third-order valence-electron chi connectivity index (χ3n) is 5.01. The number of carbonyl (C=O) groups is 1. The monoisotopic (exact) mass is 327 g/mol. The number of nitrogens with zero attached hydrogens (tertiary/aromatic N) is 2. The Hall–Kier alpha value is -1.86. The number of rotatable bonds is 8. The zero-order chi connectivity index (χ0) is 17.7. The van der Waals surface area contributed by atoms with Crippen LogP contribution in [0.5, 0.6) is 0 Å². The lowest BCUT2D eigenvalue weighted by Gasteiger charge is -2.29. The molecule has 0 aromatic heterocycles. The van der Waals surface area contributed by atoms with Gasteiger partial charge in [0.1, 0.15) is 5.54 Å². The van der Waals surface area contributed by atoms with Gasteiger partial charge in [0.25, 0.3) is 0 Å². The fourth-order valence-corrected chi connectivity index (χ4v) is 2.68. The maximum Gasteiger partial charge on any atom is 0.235 e. The van der Waals surface area contributed by atoms with E-state index in [0.29, 0.717) is 12.6 Å². The van der Waals surface area contributed by atoms with E-state index >= 15 is 0 Å². The summed E-state index contributed by atoms with van der Waals surface area (Å²) in [7, 11) is 0. The predicted molar refractivity (Wildman–Crippen MR) is 96.3 cm³/mol. The topological polar surface area (TPSA) is 56.1 Å². The van der Waals surface area contributed by atoms with E-state index in [4.69, 9.17) is 0 Å². The molecule has 4 nitrogen and oxygen atoms in total. The number of benzene rings is 1. The van der Waals surface area contributed by atoms with E-state index < -0.39 is 5.54 Å². The lowest BCUT2D eigenvalue weighted by atomic mass is 9.90. The van der Waals surface area contributed by atoms with E-state index in [1.165, 1.54) is 11.1 Å². The van der Waals surface area contributed by atoms with Crippen molar-refractivity contribution >= 4 is 5.91 Å². The van der Waals surface area contributed by atoms with Gasteiger partial charge >= 0.3 is 0 Å². The molecule has 1 atom stereocenters. The average Bonchev–Trinajstić information content (AvgIpc) is 3.39. The molecule has 0 spiro atoms. The van der Waals surface area contributed by atoms with Gasteiger partial charge in [-0.05, 0) is 43.2 Å².